The van der Waals surface area contributed by atoms with Crippen LogP contribution in [0.3, 0.4) is 0 Å². The summed E-state index contributed by atoms with van der Waals surface area (Å²) < 4.78 is 10.4. The van der Waals surface area contributed by atoms with Gasteiger partial charge in [-0.25, -0.2) is 4.79 Å². The second-order valence-corrected chi connectivity index (χ2v) is 6.47. The molecule has 1 rings (SSSR count). The average molecular weight is 561 g/mol. The first-order valence-corrected chi connectivity index (χ1v) is 10.3. The van der Waals surface area contributed by atoms with Crippen LogP contribution in [-0.4, -0.2) is 50.2 Å². The van der Waals surface area contributed by atoms with Crippen molar-refractivity contribution in [1.29, 1.82) is 0 Å². The monoisotopic (exact) mass is 561 g/mol. The second kappa shape index (κ2) is 22.3. The molecule has 0 aromatic rings. The van der Waals surface area contributed by atoms with Gasteiger partial charge in [0.1, 0.15) is 6.10 Å². The third-order valence-corrected chi connectivity index (χ3v) is 4.17. The van der Waals surface area contributed by atoms with Crippen molar-refractivity contribution >= 4 is 6.03 Å². The van der Waals surface area contributed by atoms with E-state index in [1.165, 1.54) is 7.11 Å². The summed E-state index contributed by atoms with van der Waals surface area (Å²) in [5.41, 5.74) is 0. The van der Waals surface area contributed by atoms with Crippen molar-refractivity contribution in [2.75, 3.05) is 20.8 Å². The zero-order chi connectivity index (χ0) is 26.3. The number of carbonyl (C=O) groups is 1. The summed E-state index contributed by atoms with van der Waals surface area (Å²) in [7, 11) is 3.04. The van der Waals surface area contributed by atoms with E-state index in [-0.39, 0.29) is 44.7 Å². The Kier molecular flexibility index (Phi) is 19.8. The van der Waals surface area contributed by atoms with Crippen LogP contribution in [0.2, 0.25) is 0 Å². The molecule has 7 heteroatoms. The zero-order valence-corrected chi connectivity index (χ0v) is 23.3. The van der Waals surface area contributed by atoms with Crippen LogP contribution in [0, 0.1) is 124 Å². The maximum atomic E-state index is 12.0. The van der Waals surface area contributed by atoms with Crippen LogP contribution >= 0.6 is 0 Å². The standard InChI is InChI=1S/C30H20N2O4.Y/c1-4-5-6-7-8-9-10-11-12-13-14-15-16-17-18-19-20-21-22-23-31-30(34)32-27-24-26(25-35-2)28(33)29(27)36-3;/h26-29,33H,24-25H2,1-3H3,(H2,31,32,34);/t26-,27-,28+,29?;/m1./s1. The molecule has 0 heterocycles. The third kappa shape index (κ3) is 15.5. The molecule has 0 spiro atoms. The predicted octanol–water partition coefficient (Wildman–Crippen LogP) is -0.295. The minimum Gasteiger partial charge on any atom is -0.390 e. The van der Waals surface area contributed by atoms with E-state index in [9.17, 15) is 9.90 Å². The van der Waals surface area contributed by atoms with Crippen LogP contribution in [0.1, 0.15) is 13.3 Å². The van der Waals surface area contributed by atoms with Gasteiger partial charge in [-0.3, -0.25) is 5.32 Å². The first-order chi connectivity index (χ1) is 17.6. The number of hydrogen-bond acceptors (Lipinski definition) is 4. The van der Waals surface area contributed by atoms with Gasteiger partial charge >= 0.3 is 6.03 Å². The molecule has 0 saturated heterocycles. The molecule has 0 aromatic carbocycles. The minimum absolute atomic E-state index is 0. The van der Waals surface area contributed by atoms with E-state index in [2.05, 4.69) is 129 Å². The van der Waals surface area contributed by atoms with Crippen molar-refractivity contribution < 1.29 is 52.1 Å². The molecule has 1 fully saturated rings. The number of rotatable bonds is 4. The zero-order valence-electron chi connectivity index (χ0n) is 20.5. The molecule has 1 radical (unpaired) electrons. The van der Waals surface area contributed by atoms with E-state index >= 15 is 0 Å². The summed E-state index contributed by atoms with van der Waals surface area (Å²) in [6, 6.07) is 1.52. The molecule has 1 saturated carbocycles. The van der Waals surface area contributed by atoms with Crippen molar-refractivity contribution in [1.82, 2.24) is 10.6 Å². The Balaban J connectivity index is 0.0000130. The Bertz CT molecular complexity index is 1450. The van der Waals surface area contributed by atoms with Crippen molar-refractivity contribution in [3.8, 4) is 119 Å². The van der Waals surface area contributed by atoms with Crippen LogP contribution in [0.5, 0.6) is 0 Å². The molecule has 2 amide bonds. The summed E-state index contributed by atoms with van der Waals surface area (Å²) in [4.78, 5) is 12.0. The summed E-state index contributed by atoms with van der Waals surface area (Å²) in [6.07, 6.45) is -0.728. The fourth-order valence-corrected chi connectivity index (χ4v) is 2.82. The SMILES string of the molecule is CC#CC#CC#CC#CC#CC#CC#CC#CC#CC#CNC(=O)N[C@@H]1C[C@H](COC)[C@H](O)C1OC.[Y]. The van der Waals surface area contributed by atoms with Crippen LogP contribution in [0.4, 0.5) is 4.79 Å². The van der Waals surface area contributed by atoms with Gasteiger partial charge in [-0.15, -0.1) is 0 Å². The van der Waals surface area contributed by atoms with Gasteiger partial charge in [0.15, 0.2) is 0 Å². The molecule has 1 aliphatic carbocycles. The van der Waals surface area contributed by atoms with Gasteiger partial charge in [0.2, 0.25) is 0 Å². The molecule has 0 aromatic heterocycles. The number of amides is 2. The molecule has 177 valence electrons. The Morgan fingerprint density at radius 2 is 1.22 bits per heavy atom. The number of nitrogens with one attached hydrogen (secondary N) is 2. The fraction of sp³-hybridized carbons (Fsp3) is 0.300. The second-order valence-electron chi connectivity index (χ2n) is 6.47. The normalized spacial score (nSPS) is 16.8. The molecular formula is C30H20N2O4Y. The number of ether oxygens (including phenoxy) is 2. The minimum atomic E-state index is -0.727. The van der Waals surface area contributed by atoms with Crippen LogP contribution in [0.25, 0.3) is 0 Å². The van der Waals surface area contributed by atoms with Crippen molar-refractivity contribution in [2.24, 2.45) is 5.92 Å². The van der Waals surface area contributed by atoms with Crippen molar-refractivity contribution in [3.63, 3.8) is 0 Å². The number of carbonyl (C=O) groups excluding carboxylic acids is 1. The Hall–Kier alpha value is -4.15. The molecule has 6 nitrogen and oxygen atoms in total. The number of hydrogen-bond donors (Lipinski definition) is 3. The van der Waals surface area contributed by atoms with Crippen LogP contribution in [-0.2, 0) is 42.2 Å². The van der Waals surface area contributed by atoms with Gasteiger partial charge < -0.3 is 19.9 Å². The number of aliphatic hydroxyl groups is 1. The van der Waals surface area contributed by atoms with E-state index < -0.39 is 18.2 Å². The summed E-state index contributed by atoms with van der Waals surface area (Å²) in [5, 5.41) is 15.3. The van der Waals surface area contributed by atoms with Gasteiger partial charge in [0.25, 0.3) is 0 Å². The van der Waals surface area contributed by atoms with E-state index in [0.717, 1.165) is 0 Å². The van der Waals surface area contributed by atoms with E-state index in [1.54, 1.807) is 14.0 Å². The van der Waals surface area contributed by atoms with E-state index in [4.69, 9.17) is 9.47 Å². The number of urea groups is 1. The molecule has 1 aliphatic rings. The molecule has 37 heavy (non-hydrogen) atoms. The number of aliphatic hydroxyl groups excluding tert-OH is 1. The molecular weight excluding hydrogens is 541 g/mol. The van der Waals surface area contributed by atoms with Gasteiger partial charge in [-0.2, -0.15) is 0 Å². The summed E-state index contributed by atoms with van der Waals surface area (Å²) >= 11 is 0. The number of methoxy groups -OCH3 is 2. The van der Waals surface area contributed by atoms with Gasteiger partial charge in [-0.1, -0.05) is 5.92 Å². The maximum Gasteiger partial charge on any atom is 0.326 e. The van der Waals surface area contributed by atoms with Crippen molar-refractivity contribution in [3.05, 3.63) is 0 Å². The molecule has 4 atom stereocenters. The summed E-state index contributed by atoms with van der Waals surface area (Å²) in [6.45, 7) is 2.06. The molecule has 3 N–H and O–H groups in total. The average Bonchev–Trinajstić information content (AvgIpc) is 3.16. The van der Waals surface area contributed by atoms with Crippen LogP contribution < -0.4 is 10.6 Å². The molecule has 0 aliphatic heterocycles. The van der Waals surface area contributed by atoms with E-state index in [1.807, 2.05) is 0 Å². The topological polar surface area (TPSA) is 79.8 Å². The molecule has 1 unspecified atom stereocenters. The van der Waals surface area contributed by atoms with E-state index in [0.29, 0.717) is 13.0 Å². The first kappa shape index (κ1) is 32.9. The smallest absolute Gasteiger partial charge is 0.326 e. The van der Waals surface area contributed by atoms with Crippen molar-refractivity contribution in [2.45, 2.75) is 31.6 Å². The fourth-order valence-electron chi connectivity index (χ4n) is 2.82. The third-order valence-electron chi connectivity index (χ3n) is 4.17. The Morgan fingerprint density at radius 3 is 1.62 bits per heavy atom. The summed E-state index contributed by atoms with van der Waals surface area (Å²) in [5.74, 6) is 47.4. The Morgan fingerprint density at radius 1 is 0.784 bits per heavy atom. The first-order valence-electron chi connectivity index (χ1n) is 10.3. The van der Waals surface area contributed by atoms with Gasteiger partial charge in [0.05, 0.1) is 18.8 Å². The Labute approximate surface area is 244 Å². The predicted molar refractivity (Wildman–Crippen MR) is 136 cm³/mol. The van der Waals surface area contributed by atoms with Gasteiger partial charge in [0, 0.05) is 118 Å². The molecule has 0 bridgehead atoms. The quantitative estimate of drug-likeness (QED) is 0.326. The van der Waals surface area contributed by atoms with Gasteiger partial charge in [-0.05, 0) is 60.7 Å². The van der Waals surface area contributed by atoms with Crippen LogP contribution in [0.15, 0.2) is 0 Å². The largest absolute Gasteiger partial charge is 0.390 e. The maximum absolute atomic E-state index is 12.0.